The van der Waals surface area contributed by atoms with Crippen molar-refractivity contribution in [3.63, 3.8) is 0 Å². The van der Waals surface area contributed by atoms with Crippen LogP contribution in [0.3, 0.4) is 0 Å². The molecule has 2 aliphatic rings. The second-order valence-electron chi connectivity index (χ2n) is 7.82. The molecule has 3 rings (SSSR count). The highest BCUT2D eigenvalue weighted by atomic mass is 32.2. The Morgan fingerprint density at radius 1 is 1.00 bits per heavy atom. The normalized spacial score (nSPS) is 21.1. The minimum absolute atomic E-state index is 0.0133. The van der Waals surface area contributed by atoms with Crippen molar-refractivity contribution in [2.75, 3.05) is 25.0 Å². The van der Waals surface area contributed by atoms with Crippen LogP contribution in [-0.4, -0.2) is 55.1 Å². The number of carbonyl (C=O) groups excluding carboxylic acids is 2. The summed E-state index contributed by atoms with van der Waals surface area (Å²) in [7, 11) is -3.48. The molecule has 0 bridgehead atoms. The molecule has 28 heavy (non-hydrogen) atoms. The minimum atomic E-state index is -3.48. The van der Waals surface area contributed by atoms with E-state index in [1.807, 2.05) is 13.8 Å². The van der Waals surface area contributed by atoms with E-state index >= 15 is 0 Å². The van der Waals surface area contributed by atoms with Crippen molar-refractivity contribution < 1.29 is 18.0 Å². The third kappa shape index (κ3) is 4.38. The maximum absolute atomic E-state index is 12.7. The number of benzene rings is 1. The van der Waals surface area contributed by atoms with E-state index in [1.165, 1.54) is 16.4 Å². The Morgan fingerprint density at radius 2 is 1.64 bits per heavy atom. The first-order chi connectivity index (χ1) is 13.3. The summed E-state index contributed by atoms with van der Waals surface area (Å²) in [6.07, 6.45) is 4.30. The average molecular weight is 408 g/mol. The lowest BCUT2D eigenvalue weighted by molar-refractivity contribution is -0.139. The lowest BCUT2D eigenvalue weighted by Crippen LogP contribution is -2.44. The number of piperidine rings is 1. The van der Waals surface area contributed by atoms with E-state index < -0.39 is 16.1 Å². The molecule has 2 fully saturated rings. The molecule has 154 valence electrons. The highest BCUT2D eigenvalue weighted by Crippen LogP contribution is 2.24. The number of nitrogens with one attached hydrogen (secondary N) is 1. The molecule has 2 heterocycles. The van der Waals surface area contributed by atoms with Crippen molar-refractivity contribution in [1.82, 2.24) is 9.21 Å². The third-order valence-electron chi connectivity index (χ3n) is 5.41. The Kier molecular flexibility index (Phi) is 6.40. The lowest BCUT2D eigenvalue weighted by Gasteiger charge is -2.26. The molecule has 0 saturated carbocycles. The number of sulfonamides is 1. The fourth-order valence-electron chi connectivity index (χ4n) is 3.82. The Bertz CT molecular complexity index is 814. The van der Waals surface area contributed by atoms with Gasteiger partial charge >= 0.3 is 0 Å². The minimum Gasteiger partial charge on any atom is -0.330 e. The molecule has 0 unspecified atom stereocenters. The summed E-state index contributed by atoms with van der Waals surface area (Å²) >= 11 is 0. The van der Waals surface area contributed by atoms with Crippen molar-refractivity contribution in [3.05, 3.63) is 24.3 Å². The summed E-state index contributed by atoms with van der Waals surface area (Å²) < 4.78 is 26.9. The first kappa shape index (κ1) is 20.8. The number of rotatable bonds is 5. The van der Waals surface area contributed by atoms with Crippen molar-refractivity contribution in [2.24, 2.45) is 5.92 Å². The van der Waals surface area contributed by atoms with Gasteiger partial charge in [-0.15, -0.1) is 0 Å². The Morgan fingerprint density at radius 3 is 2.25 bits per heavy atom. The highest BCUT2D eigenvalue weighted by molar-refractivity contribution is 7.89. The van der Waals surface area contributed by atoms with Gasteiger partial charge in [0.15, 0.2) is 0 Å². The number of amides is 2. The fraction of sp³-hybridized carbons (Fsp3) is 0.600. The second-order valence-corrected chi connectivity index (χ2v) is 9.76. The smallest absolute Gasteiger partial charge is 0.247 e. The summed E-state index contributed by atoms with van der Waals surface area (Å²) in [6.45, 7) is 5.38. The van der Waals surface area contributed by atoms with Crippen molar-refractivity contribution in [1.29, 1.82) is 0 Å². The van der Waals surface area contributed by atoms with E-state index in [1.54, 1.807) is 17.0 Å². The van der Waals surface area contributed by atoms with Crippen LogP contribution in [-0.2, 0) is 19.6 Å². The monoisotopic (exact) mass is 407 g/mol. The standard InChI is InChI=1S/C20H29N3O4S/c1-15(2)20(25)23-14-6-7-18(23)19(24)21-16-8-10-17(11-9-16)28(26,27)22-12-4-3-5-13-22/h8-11,15,18H,3-7,12-14H2,1-2H3,(H,21,24)/t18-/m1/s1. The van der Waals surface area contributed by atoms with E-state index in [9.17, 15) is 18.0 Å². The summed E-state index contributed by atoms with van der Waals surface area (Å²) in [4.78, 5) is 26.8. The van der Waals surface area contributed by atoms with Gasteiger partial charge in [-0.1, -0.05) is 20.3 Å². The summed E-state index contributed by atoms with van der Waals surface area (Å²) in [5.41, 5.74) is 0.534. The quantitative estimate of drug-likeness (QED) is 0.812. The van der Waals surface area contributed by atoms with Gasteiger partial charge in [-0.3, -0.25) is 9.59 Å². The first-order valence-corrected chi connectivity index (χ1v) is 11.5. The molecule has 8 heteroatoms. The average Bonchev–Trinajstić information content (AvgIpc) is 3.18. The number of hydrogen-bond donors (Lipinski definition) is 1. The number of hydrogen-bond acceptors (Lipinski definition) is 4. The van der Waals surface area contributed by atoms with Crippen LogP contribution < -0.4 is 5.32 Å². The number of likely N-dealkylation sites (tertiary alicyclic amines) is 1. The predicted octanol–water partition coefficient (Wildman–Crippen LogP) is 2.45. The van der Waals surface area contributed by atoms with Gasteiger partial charge in [0.25, 0.3) is 0 Å². The maximum atomic E-state index is 12.7. The maximum Gasteiger partial charge on any atom is 0.247 e. The molecule has 2 aliphatic heterocycles. The first-order valence-electron chi connectivity index (χ1n) is 10.0. The fourth-order valence-corrected chi connectivity index (χ4v) is 5.34. The number of nitrogens with zero attached hydrogens (tertiary/aromatic N) is 2. The Balaban J connectivity index is 1.67. The molecule has 0 aliphatic carbocycles. The van der Waals surface area contributed by atoms with Crippen LogP contribution in [0, 0.1) is 5.92 Å². The zero-order valence-electron chi connectivity index (χ0n) is 16.6. The molecular weight excluding hydrogens is 378 g/mol. The largest absolute Gasteiger partial charge is 0.330 e. The van der Waals surface area contributed by atoms with Crippen LogP contribution in [0.25, 0.3) is 0 Å². The van der Waals surface area contributed by atoms with Gasteiger partial charge in [0.2, 0.25) is 21.8 Å². The number of carbonyl (C=O) groups is 2. The summed E-state index contributed by atoms with van der Waals surface area (Å²) in [5.74, 6) is -0.383. The van der Waals surface area contributed by atoms with Crippen LogP contribution in [0.4, 0.5) is 5.69 Å². The zero-order valence-corrected chi connectivity index (χ0v) is 17.4. The summed E-state index contributed by atoms with van der Waals surface area (Å²) in [6, 6.07) is 5.82. The third-order valence-corrected chi connectivity index (χ3v) is 7.32. The predicted molar refractivity (Wildman–Crippen MR) is 107 cm³/mol. The van der Waals surface area contributed by atoms with Crippen molar-refractivity contribution in [2.45, 2.75) is 56.9 Å². The van der Waals surface area contributed by atoms with E-state index in [-0.39, 0.29) is 22.6 Å². The second kappa shape index (κ2) is 8.61. The Hall–Kier alpha value is -1.93. The zero-order chi connectivity index (χ0) is 20.3. The molecular formula is C20H29N3O4S. The van der Waals surface area contributed by atoms with Gasteiger partial charge in [0.1, 0.15) is 6.04 Å². The van der Waals surface area contributed by atoms with E-state index in [0.717, 1.165) is 25.7 Å². The van der Waals surface area contributed by atoms with Crippen LogP contribution in [0.5, 0.6) is 0 Å². The number of anilines is 1. The van der Waals surface area contributed by atoms with Crippen LogP contribution in [0.1, 0.15) is 46.0 Å². The van der Waals surface area contributed by atoms with Gasteiger partial charge in [0, 0.05) is 31.2 Å². The topological polar surface area (TPSA) is 86.8 Å². The molecule has 1 aromatic rings. The van der Waals surface area contributed by atoms with E-state index in [2.05, 4.69) is 5.32 Å². The lowest BCUT2D eigenvalue weighted by atomic mass is 10.1. The van der Waals surface area contributed by atoms with Gasteiger partial charge in [-0.05, 0) is 49.9 Å². The van der Waals surface area contributed by atoms with Gasteiger partial charge in [-0.25, -0.2) is 8.42 Å². The van der Waals surface area contributed by atoms with Crippen LogP contribution >= 0.6 is 0 Å². The molecule has 0 spiro atoms. The molecule has 2 saturated heterocycles. The molecule has 1 aromatic carbocycles. The van der Waals surface area contributed by atoms with Gasteiger partial charge in [-0.2, -0.15) is 4.31 Å². The highest BCUT2D eigenvalue weighted by Gasteiger charge is 2.35. The summed E-state index contributed by atoms with van der Waals surface area (Å²) in [5, 5.41) is 2.82. The van der Waals surface area contributed by atoms with Gasteiger partial charge in [0.05, 0.1) is 4.90 Å². The van der Waals surface area contributed by atoms with Gasteiger partial charge < -0.3 is 10.2 Å². The molecule has 2 amide bonds. The molecule has 1 N–H and O–H groups in total. The van der Waals surface area contributed by atoms with E-state index in [0.29, 0.717) is 31.7 Å². The van der Waals surface area contributed by atoms with Crippen LogP contribution in [0.15, 0.2) is 29.2 Å². The SMILES string of the molecule is CC(C)C(=O)N1CCC[C@@H]1C(=O)Nc1ccc(S(=O)(=O)N2CCCCC2)cc1. The van der Waals surface area contributed by atoms with Crippen molar-refractivity contribution in [3.8, 4) is 0 Å². The van der Waals surface area contributed by atoms with E-state index in [4.69, 9.17) is 0 Å². The molecule has 1 atom stereocenters. The Labute approximate surface area is 167 Å². The molecule has 7 nitrogen and oxygen atoms in total. The van der Waals surface area contributed by atoms with Crippen LogP contribution in [0.2, 0.25) is 0 Å². The molecule has 0 aromatic heterocycles. The molecule has 0 radical (unpaired) electrons. The van der Waals surface area contributed by atoms with Crippen molar-refractivity contribution >= 4 is 27.5 Å².